The minimum atomic E-state index is -0.380. The third-order valence-electron chi connectivity index (χ3n) is 3.65. The maximum absolute atomic E-state index is 13.4. The number of nitrogens with zero attached hydrogens (tertiary/aromatic N) is 3. The van der Waals surface area contributed by atoms with E-state index in [1.165, 1.54) is 24.7 Å². The van der Waals surface area contributed by atoms with Crippen LogP contribution in [0.25, 0.3) is 21.9 Å². The van der Waals surface area contributed by atoms with Gasteiger partial charge in [-0.1, -0.05) is 23.7 Å². The Hall–Kier alpha value is -2.99. The van der Waals surface area contributed by atoms with Crippen molar-refractivity contribution in [3.05, 3.63) is 75.5 Å². The summed E-state index contributed by atoms with van der Waals surface area (Å²) in [7, 11) is 0. The smallest absolute Gasteiger partial charge is 0.298 e. The van der Waals surface area contributed by atoms with Gasteiger partial charge in [0.25, 0.3) is 5.56 Å². The Labute approximate surface area is 140 Å². The van der Waals surface area contributed by atoms with E-state index in [4.69, 9.17) is 11.6 Å². The Morgan fingerprint density at radius 3 is 2.79 bits per heavy atom. The SMILES string of the molecule is O=c1c2[nH]c3ccc(F)cc3c2ncn1/N=C\c1ccc(Cl)cc1. The molecule has 4 aromatic rings. The monoisotopic (exact) mass is 340 g/mol. The molecule has 118 valence electrons. The molecule has 5 nitrogen and oxygen atoms in total. The largest absolute Gasteiger partial charge is 0.349 e. The molecule has 1 N–H and O–H groups in total. The van der Waals surface area contributed by atoms with Crippen molar-refractivity contribution in [3.63, 3.8) is 0 Å². The average Bonchev–Trinajstić information content (AvgIpc) is 2.95. The number of hydrogen-bond acceptors (Lipinski definition) is 3. The lowest BCUT2D eigenvalue weighted by atomic mass is 10.2. The second-order valence-electron chi connectivity index (χ2n) is 5.23. The highest BCUT2D eigenvalue weighted by Crippen LogP contribution is 2.21. The Morgan fingerprint density at radius 1 is 1.21 bits per heavy atom. The van der Waals surface area contributed by atoms with Gasteiger partial charge in [0.2, 0.25) is 0 Å². The van der Waals surface area contributed by atoms with Gasteiger partial charge in [0.15, 0.2) is 0 Å². The second kappa shape index (κ2) is 5.58. The Balaban J connectivity index is 1.82. The standard InChI is InChI=1S/C17H10ClFN4O/c18-11-3-1-10(2-4-11)8-21-23-9-20-15-13-7-12(19)5-6-14(13)22-16(15)17(23)24/h1-9,22H/b21-8-. The molecule has 2 aromatic heterocycles. The number of aromatic nitrogens is 3. The second-order valence-corrected chi connectivity index (χ2v) is 5.67. The van der Waals surface area contributed by atoms with Gasteiger partial charge in [0.05, 0.1) is 6.21 Å². The van der Waals surface area contributed by atoms with E-state index in [0.29, 0.717) is 21.4 Å². The van der Waals surface area contributed by atoms with E-state index in [1.807, 2.05) is 0 Å². The predicted molar refractivity (Wildman–Crippen MR) is 92.3 cm³/mol. The summed E-state index contributed by atoms with van der Waals surface area (Å²) in [6.07, 6.45) is 2.85. The summed E-state index contributed by atoms with van der Waals surface area (Å²) >= 11 is 5.83. The molecule has 0 saturated heterocycles. The lowest BCUT2D eigenvalue weighted by Gasteiger charge is -1.98. The molecule has 0 saturated carbocycles. The normalized spacial score (nSPS) is 11.8. The van der Waals surface area contributed by atoms with Crippen molar-refractivity contribution in [1.29, 1.82) is 0 Å². The molecule has 24 heavy (non-hydrogen) atoms. The first-order chi connectivity index (χ1) is 11.6. The highest BCUT2D eigenvalue weighted by atomic mass is 35.5. The van der Waals surface area contributed by atoms with E-state index in [2.05, 4.69) is 15.1 Å². The molecule has 0 fully saturated rings. The molecule has 0 amide bonds. The van der Waals surface area contributed by atoms with Crippen LogP contribution < -0.4 is 5.56 Å². The van der Waals surface area contributed by atoms with Gasteiger partial charge in [0.1, 0.15) is 23.2 Å². The van der Waals surface area contributed by atoms with Crippen molar-refractivity contribution in [3.8, 4) is 0 Å². The van der Waals surface area contributed by atoms with E-state index >= 15 is 0 Å². The first-order valence-corrected chi connectivity index (χ1v) is 7.48. The first-order valence-electron chi connectivity index (χ1n) is 7.10. The number of nitrogens with one attached hydrogen (secondary N) is 1. The van der Waals surface area contributed by atoms with Crippen molar-refractivity contribution < 1.29 is 4.39 Å². The van der Waals surface area contributed by atoms with Crippen molar-refractivity contribution in [1.82, 2.24) is 14.6 Å². The molecule has 4 rings (SSSR count). The fourth-order valence-electron chi connectivity index (χ4n) is 2.48. The van der Waals surface area contributed by atoms with Gasteiger partial charge in [-0.25, -0.2) is 9.37 Å². The molecular formula is C17H10ClFN4O. The third-order valence-corrected chi connectivity index (χ3v) is 3.90. The minimum Gasteiger partial charge on any atom is -0.349 e. The summed E-state index contributed by atoms with van der Waals surface area (Å²) in [6, 6.07) is 11.3. The fourth-order valence-corrected chi connectivity index (χ4v) is 2.60. The van der Waals surface area contributed by atoms with Gasteiger partial charge in [-0.3, -0.25) is 4.79 Å². The number of halogens is 2. The molecule has 0 aliphatic heterocycles. The van der Waals surface area contributed by atoms with Crippen molar-refractivity contribution in [2.75, 3.05) is 0 Å². The molecule has 2 aromatic carbocycles. The average molecular weight is 341 g/mol. The highest BCUT2D eigenvalue weighted by Gasteiger charge is 2.11. The molecule has 0 aliphatic rings. The van der Waals surface area contributed by atoms with E-state index in [-0.39, 0.29) is 16.9 Å². The molecular weight excluding hydrogens is 331 g/mol. The number of fused-ring (bicyclic) bond motifs is 3. The number of benzene rings is 2. The van der Waals surface area contributed by atoms with Gasteiger partial charge in [0, 0.05) is 15.9 Å². The lowest BCUT2D eigenvalue weighted by molar-refractivity contribution is 0.630. The third kappa shape index (κ3) is 2.47. The van der Waals surface area contributed by atoms with Crippen LogP contribution >= 0.6 is 11.6 Å². The number of aromatic amines is 1. The minimum absolute atomic E-state index is 0.284. The van der Waals surface area contributed by atoms with Crippen LogP contribution in [0.15, 0.2) is 58.7 Å². The maximum atomic E-state index is 13.4. The van der Waals surface area contributed by atoms with Gasteiger partial charge in [-0.05, 0) is 35.9 Å². The molecule has 0 atom stereocenters. The molecule has 0 bridgehead atoms. The summed E-state index contributed by atoms with van der Waals surface area (Å²) in [4.78, 5) is 19.7. The van der Waals surface area contributed by atoms with Crippen molar-refractivity contribution in [2.24, 2.45) is 5.10 Å². The molecule has 2 heterocycles. The maximum Gasteiger partial charge on any atom is 0.298 e. The van der Waals surface area contributed by atoms with Crippen LogP contribution in [0.2, 0.25) is 5.02 Å². The highest BCUT2D eigenvalue weighted by molar-refractivity contribution is 6.30. The quantitative estimate of drug-likeness (QED) is 0.567. The van der Waals surface area contributed by atoms with E-state index in [1.54, 1.807) is 30.3 Å². The summed E-state index contributed by atoms with van der Waals surface area (Å²) in [5, 5.41) is 5.31. The molecule has 0 unspecified atom stereocenters. The molecule has 7 heteroatoms. The molecule has 0 spiro atoms. The lowest BCUT2D eigenvalue weighted by Crippen LogP contribution is -2.17. The zero-order valence-electron chi connectivity index (χ0n) is 12.2. The van der Waals surface area contributed by atoms with Crippen LogP contribution in [0.3, 0.4) is 0 Å². The molecule has 0 radical (unpaired) electrons. The van der Waals surface area contributed by atoms with Crippen LogP contribution in [0.1, 0.15) is 5.56 Å². The van der Waals surface area contributed by atoms with E-state index in [9.17, 15) is 9.18 Å². The van der Waals surface area contributed by atoms with Crippen LogP contribution in [0.5, 0.6) is 0 Å². The molecule has 0 aliphatic carbocycles. The van der Waals surface area contributed by atoms with E-state index < -0.39 is 0 Å². The van der Waals surface area contributed by atoms with Crippen LogP contribution in [0.4, 0.5) is 4.39 Å². The van der Waals surface area contributed by atoms with Crippen LogP contribution in [-0.2, 0) is 0 Å². The topological polar surface area (TPSA) is 63.0 Å². The van der Waals surface area contributed by atoms with Crippen molar-refractivity contribution >= 4 is 39.8 Å². The van der Waals surface area contributed by atoms with Crippen molar-refractivity contribution in [2.45, 2.75) is 0 Å². The fraction of sp³-hybridized carbons (Fsp3) is 0. The zero-order chi connectivity index (χ0) is 16.7. The summed E-state index contributed by atoms with van der Waals surface area (Å²) in [6.45, 7) is 0. The number of rotatable bonds is 2. The van der Waals surface area contributed by atoms with Crippen LogP contribution in [-0.4, -0.2) is 20.9 Å². The first kappa shape index (κ1) is 14.6. The Kier molecular flexibility index (Phi) is 3.39. The van der Waals surface area contributed by atoms with Gasteiger partial charge in [-0.2, -0.15) is 9.78 Å². The number of hydrogen-bond donors (Lipinski definition) is 1. The van der Waals surface area contributed by atoms with E-state index in [0.717, 1.165) is 10.2 Å². The predicted octanol–water partition coefficient (Wildman–Crippen LogP) is 3.55. The Bertz CT molecular complexity index is 1150. The number of H-pyrrole nitrogens is 1. The Morgan fingerprint density at radius 2 is 2.00 bits per heavy atom. The summed E-state index contributed by atoms with van der Waals surface area (Å²) in [5.41, 5.74) is 1.79. The van der Waals surface area contributed by atoms with Gasteiger partial charge >= 0.3 is 0 Å². The van der Waals surface area contributed by atoms with Gasteiger partial charge < -0.3 is 4.98 Å². The summed E-state index contributed by atoms with van der Waals surface area (Å²) in [5.74, 6) is -0.380. The zero-order valence-corrected chi connectivity index (χ0v) is 13.0. The summed E-state index contributed by atoms with van der Waals surface area (Å²) < 4.78 is 14.5. The van der Waals surface area contributed by atoms with Crippen LogP contribution in [0, 0.1) is 5.82 Å². The van der Waals surface area contributed by atoms with Gasteiger partial charge in [-0.15, -0.1) is 0 Å².